The minimum Gasteiger partial charge on any atom is -0.396 e. The van der Waals surface area contributed by atoms with E-state index in [1.165, 1.54) is 0 Å². The highest BCUT2D eigenvalue weighted by Gasteiger charge is 2.58. The Morgan fingerprint density at radius 1 is 0.591 bits per heavy atom. The van der Waals surface area contributed by atoms with Crippen LogP contribution in [0.2, 0.25) is 0 Å². The molecule has 4 unspecified atom stereocenters. The molecule has 6 nitrogen and oxygen atoms in total. The van der Waals surface area contributed by atoms with Gasteiger partial charge in [-0.1, -0.05) is 0 Å². The molecule has 0 aliphatic carbocycles. The minimum absolute atomic E-state index is 0.0322. The number of epoxide rings is 4. The fourth-order valence-electron chi connectivity index (χ4n) is 4.12. The van der Waals surface area contributed by atoms with E-state index in [1.807, 2.05) is 0 Å². The number of ether oxygens (including phenoxy) is 4. The number of hydrogen-bond acceptors (Lipinski definition) is 6. The Kier molecular flexibility index (Phi) is 3.95. The van der Waals surface area contributed by atoms with Crippen LogP contribution in [0.3, 0.4) is 0 Å². The van der Waals surface area contributed by atoms with Gasteiger partial charge >= 0.3 is 0 Å². The van der Waals surface area contributed by atoms with Crippen LogP contribution >= 0.6 is 0 Å². The maximum atomic E-state index is 10.3. The highest BCUT2D eigenvalue weighted by Crippen LogP contribution is 2.57. The van der Waals surface area contributed by atoms with Gasteiger partial charge in [-0.15, -0.1) is 0 Å². The second kappa shape index (κ2) is 5.69. The molecular formula is C16H26O6. The fourth-order valence-corrected chi connectivity index (χ4v) is 4.12. The highest BCUT2D eigenvalue weighted by atomic mass is 16.6. The first-order valence-corrected chi connectivity index (χ1v) is 8.37. The number of aliphatic hydroxyl groups excluding tert-OH is 2. The maximum absolute atomic E-state index is 10.3. The molecule has 0 aromatic rings. The lowest BCUT2D eigenvalue weighted by Gasteiger charge is -2.49. The van der Waals surface area contributed by atoms with Crippen molar-refractivity contribution in [2.75, 3.05) is 39.6 Å². The lowest BCUT2D eigenvalue weighted by Crippen LogP contribution is -2.51. The summed E-state index contributed by atoms with van der Waals surface area (Å²) in [6, 6.07) is 0. The Morgan fingerprint density at radius 2 is 0.864 bits per heavy atom. The van der Waals surface area contributed by atoms with Crippen LogP contribution in [0.15, 0.2) is 0 Å². The van der Waals surface area contributed by atoms with E-state index in [1.54, 1.807) is 0 Å². The molecular weight excluding hydrogens is 288 g/mol. The van der Waals surface area contributed by atoms with Crippen LogP contribution < -0.4 is 0 Å². The largest absolute Gasteiger partial charge is 0.396 e. The summed E-state index contributed by atoms with van der Waals surface area (Å²) in [5, 5.41) is 20.5. The summed E-state index contributed by atoms with van der Waals surface area (Å²) in [5.41, 5.74) is -0.774. The van der Waals surface area contributed by atoms with Gasteiger partial charge in [-0.2, -0.15) is 0 Å². The zero-order valence-corrected chi connectivity index (χ0v) is 12.9. The topological polar surface area (TPSA) is 90.6 Å². The van der Waals surface area contributed by atoms with Crippen LogP contribution in [0.5, 0.6) is 0 Å². The van der Waals surface area contributed by atoms with E-state index in [2.05, 4.69) is 0 Å². The van der Waals surface area contributed by atoms with Gasteiger partial charge in [0.1, 0.15) is 0 Å². The molecule has 0 spiro atoms. The third-order valence-electron chi connectivity index (χ3n) is 5.81. The Balaban J connectivity index is 1.63. The average Bonchev–Trinajstić information content (AvgIpc) is 3.36. The third kappa shape index (κ3) is 3.18. The van der Waals surface area contributed by atoms with Crippen LogP contribution in [-0.2, 0) is 18.9 Å². The van der Waals surface area contributed by atoms with Crippen molar-refractivity contribution < 1.29 is 29.2 Å². The minimum atomic E-state index is -0.558. The first kappa shape index (κ1) is 15.3. The molecule has 0 saturated carbocycles. The first-order chi connectivity index (χ1) is 10.7. The standard InChI is InChI=1S/C16H26O6/c17-9-16(10-18,4-14-8-22-14)15(1-11-5-19-11,2-12-6-20-12)3-13-7-21-13/h11-14,17-18H,1-10H2. The van der Waals surface area contributed by atoms with E-state index in [0.717, 1.165) is 45.7 Å². The van der Waals surface area contributed by atoms with Crippen molar-refractivity contribution in [2.24, 2.45) is 10.8 Å². The van der Waals surface area contributed by atoms with E-state index < -0.39 is 5.41 Å². The molecule has 6 heteroatoms. The first-order valence-electron chi connectivity index (χ1n) is 8.37. The van der Waals surface area contributed by atoms with Crippen LogP contribution in [0.4, 0.5) is 0 Å². The van der Waals surface area contributed by atoms with Gasteiger partial charge in [-0.25, -0.2) is 0 Å². The lowest BCUT2D eigenvalue weighted by atomic mass is 9.55. The van der Waals surface area contributed by atoms with Gasteiger partial charge in [0.15, 0.2) is 0 Å². The van der Waals surface area contributed by atoms with Crippen molar-refractivity contribution in [1.82, 2.24) is 0 Å². The van der Waals surface area contributed by atoms with Crippen molar-refractivity contribution in [1.29, 1.82) is 0 Å². The summed E-state index contributed by atoms with van der Waals surface area (Å²) < 4.78 is 21.9. The second-order valence-corrected chi connectivity index (χ2v) is 7.51. The second-order valence-electron chi connectivity index (χ2n) is 7.51. The molecule has 4 saturated heterocycles. The molecule has 4 atom stereocenters. The molecule has 22 heavy (non-hydrogen) atoms. The van der Waals surface area contributed by atoms with Gasteiger partial charge in [0, 0.05) is 5.41 Å². The van der Waals surface area contributed by atoms with E-state index in [4.69, 9.17) is 18.9 Å². The molecule has 0 bridgehead atoms. The van der Waals surface area contributed by atoms with Crippen molar-refractivity contribution >= 4 is 0 Å². The van der Waals surface area contributed by atoms with Crippen molar-refractivity contribution in [3.63, 3.8) is 0 Å². The van der Waals surface area contributed by atoms with Gasteiger partial charge in [0.25, 0.3) is 0 Å². The summed E-state index contributed by atoms with van der Waals surface area (Å²) in [5.74, 6) is 0. The summed E-state index contributed by atoms with van der Waals surface area (Å²) in [6.07, 6.45) is 4.19. The summed E-state index contributed by atoms with van der Waals surface area (Å²) in [6.45, 7) is 3.02. The van der Waals surface area contributed by atoms with Crippen LogP contribution in [0.1, 0.15) is 25.7 Å². The lowest BCUT2D eigenvalue weighted by molar-refractivity contribution is -0.0941. The Hall–Kier alpha value is -0.240. The number of aliphatic hydroxyl groups is 2. The van der Waals surface area contributed by atoms with Crippen LogP contribution in [-0.4, -0.2) is 74.3 Å². The summed E-state index contributed by atoms with van der Waals surface area (Å²) in [4.78, 5) is 0. The fraction of sp³-hybridized carbons (Fsp3) is 1.00. The van der Waals surface area contributed by atoms with E-state index in [-0.39, 0.29) is 43.0 Å². The predicted octanol–water partition coefficient (Wildman–Crippen LogP) is 0.0994. The summed E-state index contributed by atoms with van der Waals surface area (Å²) >= 11 is 0. The van der Waals surface area contributed by atoms with Crippen LogP contribution in [0, 0.1) is 10.8 Å². The molecule has 4 fully saturated rings. The van der Waals surface area contributed by atoms with Crippen LogP contribution in [0.25, 0.3) is 0 Å². The van der Waals surface area contributed by atoms with E-state index >= 15 is 0 Å². The average molecular weight is 314 g/mol. The summed E-state index contributed by atoms with van der Waals surface area (Å²) in [7, 11) is 0. The molecule has 0 aromatic heterocycles. The van der Waals surface area contributed by atoms with Crippen molar-refractivity contribution in [2.45, 2.75) is 50.1 Å². The molecule has 4 heterocycles. The molecule has 0 radical (unpaired) electrons. The van der Waals surface area contributed by atoms with Gasteiger partial charge in [0.2, 0.25) is 0 Å². The van der Waals surface area contributed by atoms with Gasteiger partial charge < -0.3 is 29.2 Å². The van der Waals surface area contributed by atoms with Gasteiger partial charge in [-0.05, 0) is 31.1 Å². The van der Waals surface area contributed by atoms with Crippen molar-refractivity contribution in [3.8, 4) is 0 Å². The monoisotopic (exact) mass is 314 g/mol. The number of hydrogen-bond donors (Lipinski definition) is 2. The third-order valence-corrected chi connectivity index (χ3v) is 5.81. The van der Waals surface area contributed by atoms with Gasteiger partial charge in [0.05, 0.1) is 64.1 Å². The molecule has 4 rings (SSSR count). The molecule has 4 aliphatic rings. The van der Waals surface area contributed by atoms with Gasteiger partial charge in [-0.3, -0.25) is 0 Å². The quantitative estimate of drug-likeness (QED) is 0.526. The molecule has 4 aliphatic heterocycles. The Labute approximate surface area is 130 Å². The zero-order chi connectivity index (χ0) is 15.2. The SMILES string of the molecule is OCC(CO)(CC1CO1)C(CC1CO1)(CC1CO1)CC1CO1. The zero-order valence-electron chi connectivity index (χ0n) is 12.9. The Bertz CT molecular complexity index is 357. The van der Waals surface area contributed by atoms with E-state index in [9.17, 15) is 10.2 Å². The molecule has 0 aromatic carbocycles. The highest BCUT2D eigenvalue weighted by molar-refractivity contribution is 5.06. The normalized spacial score (nSPS) is 38.5. The smallest absolute Gasteiger partial charge is 0.0817 e. The van der Waals surface area contributed by atoms with E-state index in [0.29, 0.717) is 6.42 Å². The maximum Gasteiger partial charge on any atom is 0.0817 e. The Morgan fingerprint density at radius 3 is 1.09 bits per heavy atom. The predicted molar refractivity (Wildman–Crippen MR) is 76.5 cm³/mol. The molecule has 126 valence electrons. The van der Waals surface area contributed by atoms with Crippen molar-refractivity contribution in [3.05, 3.63) is 0 Å². The molecule has 0 amide bonds. The molecule has 2 N–H and O–H groups in total. The number of rotatable bonds is 11.